The van der Waals surface area contributed by atoms with Crippen LogP contribution in [0.5, 0.6) is 5.75 Å². The van der Waals surface area contributed by atoms with Gasteiger partial charge < -0.3 is 19.1 Å². The zero-order chi connectivity index (χ0) is 20.4. The minimum atomic E-state index is -3.60. The van der Waals surface area contributed by atoms with Crippen molar-refractivity contribution in [1.29, 1.82) is 0 Å². The van der Waals surface area contributed by atoms with Gasteiger partial charge in [-0.15, -0.1) is 0 Å². The molecule has 9 heteroatoms. The quantitative estimate of drug-likeness (QED) is 0.691. The van der Waals surface area contributed by atoms with E-state index in [9.17, 15) is 13.2 Å². The lowest BCUT2D eigenvalue weighted by Gasteiger charge is -2.31. The second kappa shape index (κ2) is 8.16. The molecule has 0 aromatic heterocycles. The molecule has 156 valence electrons. The van der Waals surface area contributed by atoms with Gasteiger partial charge in [0.1, 0.15) is 23.8 Å². The van der Waals surface area contributed by atoms with E-state index in [2.05, 4.69) is 4.40 Å². The molecule has 1 amide bonds. The van der Waals surface area contributed by atoms with E-state index in [1.165, 1.54) is 11.2 Å². The number of carbonyl (C=O) groups excluding carboxylic acids is 1. The molecule has 2 bridgehead atoms. The van der Waals surface area contributed by atoms with Gasteiger partial charge in [-0.3, -0.25) is 4.79 Å². The van der Waals surface area contributed by atoms with Crippen LogP contribution in [0.15, 0.2) is 40.6 Å². The molecule has 4 aliphatic heterocycles. The number of rotatable bonds is 1. The van der Waals surface area contributed by atoms with E-state index in [0.29, 0.717) is 43.2 Å². The highest BCUT2D eigenvalue weighted by molar-refractivity contribution is 7.89. The zero-order valence-corrected chi connectivity index (χ0v) is 17.1. The van der Waals surface area contributed by atoms with Gasteiger partial charge in [0.25, 0.3) is 15.9 Å². The highest BCUT2D eigenvalue weighted by Crippen LogP contribution is 2.35. The Kier molecular flexibility index (Phi) is 5.60. The molecule has 0 spiro atoms. The Morgan fingerprint density at radius 1 is 1.21 bits per heavy atom. The van der Waals surface area contributed by atoms with Crippen LogP contribution in [0.2, 0.25) is 0 Å². The van der Waals surface area contributed by atoms with Crippen molar-refractivity contribution in [3.05, 3.63) is 41.8 Å². The third-order valence-electron chi connectivity index (χ3n) is 5.18. The van der Waals surface area contributed by atoms with Gasteiger partial charge in [0.15, 0.2) is 6.61 Å². The van der Waals surface area contributed by atoms with Crippen molar-refractivity contribution in [1.82, 2.24) is 4.90 Å². The lowest BCUT2D eigenvalue weighted by molar-refractivity contribution is -0.131. The number of para-hydroxylation sites is 1. The lowest BCUT2D eigenvalue weighted by Crippen LogP contribution is -2.41. The summed E-state index contributed by atoms with van der Waals surface area (Å²) in [6.07, 6.45) is 4.81. The van der Waals surface area contributed by atoms with Crippen LogP contribution in [0.1, 0.15) is 37.4 Å². The molecular weight excluding hydrogens is 396 g/mol. The van der Waals surface area contributed by atoms with Gasteiger partial charge >= 0.3 is 0 Å². The summed E-state index contributed by atoms with van der Waals surface area (Å²) in [5.74, 6) is 0.347. The predicted molar refractivity (Wildman–Crippen MR) is 106 cm³/mol. The normalized spacial score (nSPS) is 28.6. The number of allylic oxidation sites excluding steroid dienone is 1. The molecule has 2 atom stereocenters. The summed E-state index contributed by atoms with van der Waals surface area (Å²) < 4.78 is 45.1. The molecule has 2 saturated heterocycles. The molecular formula is C20H24N2O6S. The van der Waals surface area contributed by atoms with Gasteiger partial charge in [-0.25, -0.2) is 8.42 Å². The minimum absolute atomic E-state index is 0.112. The minimum Gasteiger partial charge on any atom is -0.493 e. The molecule has 0 aliphatic carbocycles. The fourth-order valence-electron chi connectivity index (χ4n) is 3.83. The summed E-state index contributed by atoms with van der Waals surface area (Å²) in [4.78, 5) is 14.4. The number of amides is 1. The van der Waals surface area contributed by atoms with E-state index in [1.807, 2.05) is 24.3 Å². The van der Waals surface area contributed by atoms with Crippen LogP contribution >= 0.6 is 0 Å². The highest BCUT2D eigenvalue weighted by atomic mass is 32.2. The van der Waals surface area contributed by atoms with Crippen LogP contribution in [-0.4, -0.2) is 57.1 Å². The summed E-state index contributed by atoms with van der Waals surface area (Å²) in [7, 11) is -3.60. The molecule has 0 saturated carbocycles. The maximum absolute atomic E-state index is 12.9. The Hall–Kier alpha value is -2.39. The third-order valence-corrected chi connectivity index (χ3v) is 5.73. The largest absolute Gasteiger partial charge is 0.493 e. The molecule has 4 heterocycles. The number of piperidine rings is 1. The summed E-state index contributed by atoms with van der Waals surface area (Å²) in [6, 6.07) is 7.57. The fraction of sp³-hybridized carbons (Fsp3) is 0.500. The smallest absolute Gasteiger partial charge is 0.265 e. The SMILES string of the molecule is CS(=O)(=O)/N=C1CCCN2C(=O)COc3ccccc3C3CC[C@H](CO3)O\C=C\12. The molecule has 1 aromatic carbocycles. The predicted octanol–water partition coefficient (Wildman–Crippen LogP) is 2.18. The Morgan fingerprint density at radius 2 is 2.03 bits per heavy atom. The monoisotopic (exact) mass is 420 g/mol. The van der Waals surface area contributed by atoms with Crippen LogP contribution in [0.25, 0.3) is 0 Å². The van der Waals surface area contributed by atoms with E-state index < -0.39 is 10.0 Å². The Bertz CT molecular complexity index is 947. The number of nitrogens with zero attached hydrogens (tertiary/aromatic N) is 2. The number of hydrogen-bond acceptors (Lipinski definition) is 6. The second-order valence-electron chi connectivity index (χ2n) is 7.41. The van der Waals surface area contributed by atoms with E-state index in [-0.39, 0.29) is 24.7 Å². The van der Waals surface area contributed by atoms with Gasteiger partial charge in [-0.05, 0) is 31.7 Å². The third kappa shape index (κ3) is 4.62. The van der Waals surface area contributed by atoms with Crippen LogP contribution in [0.4, 0.5) is 0 Å². The second-order valence-corrected chi connectivity index (χ2v) is 9.06. The first-order valence-electron chi connectivity index (χ1n) is 9.69. The van der Waals surface area contributed by atoms with Gasteiger partial charge in [-0.1, -0.05) is 18.2 Å². The Labute approximate surface area is 170 Å². The maximum Gasteiger partial charge on any atom is 0.265 e. The van der Waals surface area contributed by atoms with Crippen molar-refractivity contribution in [2.45, 2.75) is 37.9 Å². The number of sulfonamides is 1. The van der Waals surface area contributed by atoms with E-state index in [0.717, 1.165) is 24.7 Å². The first-order valence-corrected chi connectivity index (χ1v) is 11.5. The van der Waals surface area contributed by atoms with Crippen molar-refractivity contribution in [2.24, 2.45) is 4.40 Å². The fourth-order valence-corrected chi connectivity index (χ4v) is 4.41. The summed E-state index contributed by atoms with van der Waals surface area (Å²) >= 11 is 0. The number of ether oxygens (including phenoxy) is 3. The molecule has 1 unspecified atom stereocenters. The molecule has 1 aromatic rings. The molecule has 0 N–H and O–H groups in total. The standard InChI is InChI=1S/C20H24N2O6S/c1-29(24,25)21-16-6-4-10-22-17(16)12-26-14-8-9-19(27-11-14)15-5-2-3-7-18(15)28-13-20(22)23/h2-3,5,7,12,14,19H,4,6,8-11,13H2,1H3/b17-12-,21-16+/t14-,19?/m1/s1. The zero-order valence-electron chi connectivity index (χ0n) is 16.2. The van der Waals surface area contributed by atoms with Crippen molar-refractivity contribution in [3.8, 4) is 5.75 Å². The Balaban J connectivity index is 1.70. The molecule has 5 rings (SSSR count). The van der Waals surface area contributed by atoms with Crippen molar-refractivity contribution in [3.63, 3.8) is 0 Å². The summed E-state index contributed by atoms with van der Waals surface area (Å²) in [6.45, 7) is 0.678. The van der Waals surface area contributed by atoms with Gasteiger partial charge in [0.05, 0.1) is 24.7 Å². The van der Waals surface area contributed by atoms with Crippen molar-refractivity contribution < 1.29 is 27.4 Å². The number of hydrogen-bond donors (Lipinski definition) is 0. The van der Waals surface area contributed by atoms with E-state index in [1.54, 1.807) is 0 Å². The van der Waals surface area contributed by atoms with Crippen molar-refractivity contribution in [2.75, 3.05) is 26.0 Å². The van der Waals surface area contributed by atoms with Crippen LogP contribution in [-0.2, 0) is 24.3 Å². The first-order chi connectivity index (χ1) is 13.9. The van der Waals surface area contributed by atoms with Gasteiger partial charge in [0.2, 0.25) is 0 Å². The average molecular weight is 420 g/mol. The maximum atomic E-state index is 12.9. The van der Waals surface area contributed by atoms with E-state index in [4.69, 9.17) is 14.2 Å². The number of benzene rings is 1. The molecule has 0 radical (unpaired) electrons. The topological polar surface area (TPSA) is 94.5 Å². The van der Waals surface area contributed by atoms with Crippen molar-refractivity contribution >= 4 is 21.6 Å². The Morgan fingerprint density at radius 3 is 2.79 bits per heavy atom. The molecule has 8 nitrogen and oxygen atoms in total. The van der Waals surface area contributed by atoms with Gasteiger partial charge in [0, 0.05) is 12.1 Å². The summed E-state index contributed by atoms with van der Waals surface area (Å²) in [5.41, 5.74) is 1.63. The summed E-state index contributed by atoms with van der Waals surface area (Å²) in [5, 5.41) is 0. The van der Waals surface area contributed by atoms with Crippen LogP contribution < -0.4 is 4.74 Å². The highest BCUT2D eigenvalue weighted by Gasteiger charge is 2.31. The van der Waals surface area contributed by atoms with E-state index >= 15 is 0 Å². The number of fused-ring (bicyclic) bond motifs is 5. The van der Waals surface area contributed by atoms with Gasteiger partial charge in [-0.2, -0.15) is 4.40 Å². The number of carbonyl (C=O) groups is 1. The first kappa shape index (κ1) is 19.9. The van der Waals surface area contributed by atoms with Crippen LogP contribution in [0.3, 0.4) is 0 Å². The molecule has 4 aliphatic rings. The lowest BCUT2D eigenvalue weighted by atomic mass is 9.99. The van der Waals surface area contributed by atoms with Crippen LogP contribution in [0, 0.1) is 0 Å². The molecule has 29 heavy (non-hydrogen) atoms. The average Bonchev–Trinajstić information content (AvgIpc) is 2.71. The molecule has 2 fully saturated rings.